The van der Waals surface area contributed by atoms with Gasteiger partial charge in [-0.3, -0.25) is 14.8 Å². The van der Waals surface area contributed by atoms with E-state index in [9.17, 15) is 4.79 Å². The first-order chi connectivity index (χ1) is 16.2. The summed E-state index contributed by atoms with van der Waals surface area (Å²) in [6.07, 6.45) is 5.79. The van der Waals surface area contributed by atoms with Crippen LogP contribution in [0.25, 0.3) is 0 Å². The second-order valence-electron chi connectivity index (χ2n) is 8.58. The highest BCUT2D eigenvalue weighted by Crippen LogP contribution is 2.28. The standard InChI is InChI=1S/C24H29N7O2/c1-16-26-20-5-3-2-4-19(20)23(27-16)29-21-14-25-30-22(21)24(32)28-18-8-6-17(7-9-18)15-31-10-12-33-13-11-31/h6-9,14H,2-5,10-13,15H2,1H3,(H,25,30)(H,28,32)(H,26,27,29). The number of anilines is 3. The molecule has 1 amide bonds. The summed E-state index contributed by atoms with van der Waals surface area (Å²) in [7, 11) is 0. The first kappa shape index (κ1) is 21.5. The first-order valence-corrected chi connectivity index (χ1v) is 11.5. The monoisotopic (exact) mass is 447 g/mol. The number of H-pyrrole nitrogens is 1. The van der Waals surface area contributed by atoms with Gasteiger partial charge in [0.25, 0.3) is 5.91 Å². The van der Waals surface area contributed by atoms with Gasteiger partial charge in [-0.1, -0.05) is 12.1 Å². The van der Waals surface area contributed by atoms with E-state index in [0.29, 0.717) is 11.4 Å². The lowest BCUT2D eigenvalue weighted by Gasteiger charge is -2.26. The van der Waals surface area contributed by atoms with Crippen molar-refractivity contribution in [1.82, 2.24) is 25.1 Å². The van der Waals surface area contributed by atoms with E-state index in [1.165, 1.54) is 5.56 Å². The maximum Gasteiger partial charge on any atom is 0.275 e. The van der Waals surface area contributed by atoms with E-state index < -0.39 is 0 Å². The van der Waals surface area contributed by atoms with Crippen LogP contribution in [0, 0.1) is 6.92 Å². The number of hydrogen-bond acceptors (Lipinski definition) is 7. The van der Waals surface area contributed by atoms with Crippen LogP contribution >= 0.6 is 0 Å². The van der Waals surface area contributed by atoms with Gasteiger partial charge >= 0.3 is 0 Å². The third kappa shape index (κ3) is 5.04. The fraction of sp³-hybridized carbons (Fsp3) is 0.417. The van der Waals surface area contributed by atoms with E-state index >= 15 is 0 Å². The molecule has 0 radical (unpaired) electrons. The average Bonchev–Trinajstić information content (AvgIpc) is 3.29. The fourth-order valence-corrected chi connectivity index (χ4v) is 4.41. The second kappa shape index (κ2) is 9.68. The number of aromatic amines is 1. The van der Waals surface area contributed by atoms with Gasteiger partial charge in [0.2, 0.25) is 0 Å². The topological polar surface area (TPSA) is 108 Å². The normalized spacial score (nSPS) is 16.3. The zero-order chi connectivity index (χ0) is 22.6. The molecule has 0 unspecified atom stereocenters. The summed E-state index contributed by atoms with van der Waals surface area (Å²) in [5.41, 5.74) is 5.15. The summed E-state index contributed by atoms with van der Waals surface area (Å²) in [5, 5.41) is 13.2. The molecule has 3 N–H and O–H groups in total. The van der Waals surface area contributed by atoms with Gasteiger partial charge in [-0.05, 0) is 50.3 Å². The number of aromatic nitrogens is 4. The molecule has 2 aliphatic rings. The number of rotatable bonds is 6. The number of carbonyl (C=O) groups excluding carboxylic acids is 1. The maximum atomic E-state index is 13.0. The molecule has 5 rings (SSSR count). The number of morpholine rings is 1. The van der Waals surface area contributed by atoms with E-state index in [2.05, 4.69) is 35.7 Å². The molecule has 3 aromatic rings. The minimum atomic E-state index is -0.254. The Bertz CT molecular complexity index is 1120. The third-order valence-corrected chi connectivity index (χ3v) is 6.14. The predicted octanol–water partition coefficient (Wildman–Crippen LogP) is 3.22. The lowest BCUT2D eigenvalue weighted by molar-refractivity contribution is 0.0342. The van der Waals surface area contributed by atoms with Gasteiger partial charge in [-0.25, -0.2) is 9.97 Å². The number of ether oxygens (including phenoxy) is 1. The first-order valence-electron chi connectivity index (χ1n) is 11.5. The minimum absolute atomic E-state index is 0.254. The number of aryl methyl sites for hydroxylation is 2. The van der Waals surface area contributed by atoms with Crippen molar-refractivity contribution in [2.24, 2.45) is 0 Å². The van der Waals surface area contributed by atoms with Crippen molar-refractivity contribution >= 4 is 23.1 Å². The maximum absolute atomic E-state index is 13.0. The number of fused-ring (bicyclic) bond motifs is 1. The molecule has 1 aromatic carbocycles. The predicted molar refractivity (Wildman–Crippen MR) is 126 cm³/mol. The summed E-state index contributed by atoms with van der Waals surface area (Å²) in [6, 6.07) is 7.96. The number of nitrogens with one attached hydrogen (secondary N) is 3. The van der Waals surface area contributed by atoms with Crippen LogP contribution in [0.3, 0.4) is 0 Å². The molecule has 9 heteroatoms. The highest BCUT2D eigenvalue weighted by atomic mass is 16.5. The number of amides is 1. The molecule has 172 valence electrons. The molecule has 0 saturated carbocycles. The van der Waals surface area contributed by atoms with Crippen molar-refractivity contribution < 1.29 is 9.53 Å². The van der Waals surface area contributed by atoms with Crippen molar-refractivity contribution in [3.05, 3.63) is 58.8 Å². The third-order valence-electron chi connectivity index (χ3n) is 6.14. The molecular weight excluding hydrogens is 418 g/mol. The summed E-state index contributed by atoms with van der Waals surface area (Å²) in [4.78, 5) is 24.5. The SMILES string of the molecule is Cc1nc2c(c(Nc3cn[nH]c3C(=O)Nc3ccc(CN4CCOCC4)cc3)n1)CCCC2. The van der Waals surface area contributed by atoms with E-state index in [4.69, 9.17) is 4.74 Å². The van der Waals surface area contributed by atoms with Crippen molar-refractivity contribution in [3.63, 3.8) is 0 Å². The Balaban J connectivity index is 1.27. The van der Waals surface area contributed by atoms with Gasteiger partial charge in [-0.15, -0.1) is 0 Å². The Morgan fingerprint density at radius 2 is 1.91 bits per heavy atom. The fourth-order valence-electron chi connectivity index (χ4n) is 4.41. The van der Waals surface area contributed by atoms with Gasteiger partial charge < -0.3 is 15.4 Å². The van der Waals surface area contributed by atoms with Crippen LogP contribution in [0.1, 0.15) is 46.0 Å². The van der Waals surface area contributed by atoms with Crippen molar-refractivity contribution in [2.45, 2.75) is 39.2 Å². The Hall–Kier alpha value is -3.30. The van der Waals surface area contributed by atoms with Crippen LogP contribution in [0.4, 0.5) is 17.2 Å². The molecule has 0 atom stereocenters. The van der Waals surface area contributed by atoms with Crippen LogP contribution in [-0.2, 0) is 24.1 Å². The van der Waals surface area contributed by atoms with Crippen molar-refractivity contribution in [3.8, 4) is 0 Å². The lowest BCUT2D eigenvalue weighted by atomic mass is 9.96. The van der Waals surface area contributed by atoms with E-state index in [-0.39, 0.29) is 5.91 Å². The van der Waals surface area contributed by atoms with Crippen molar-refractivity contribution in [2.75, 3.05) is 36.9 Å². The van der Waals surface area contributed by atoms with E-state index in [1.807, 2.05) is 31.2 Å². The quantitative estimate of drug-likeness (QED) is 0.532. The van der Waals surface area contributed by atoms with Gasteiger partial charge in [0.05, 0.1) is 25.1 Å². The van der Waals surface area contributed by atoms with E-state index in [0.717, 1.165) is 87.1 Å². The molecule has 33 heavy (non-hydrogen) atoms. The minimum Gasteiger partial charge on any atom is -0.379 e. The van der Waals surface area contributed by atoms with Gasteiger partial charge in [0.15, 0.2) is 0 Å². The zero-order valence-corrected chi connectivity index (χ0v) is 18.9. The van der Waals surface area contributed by atoms with Crippen LogP contribution < -0.4 is 10.6 Å². The number of benzene rings is 1. The Morgan fingerprint density at radius 3 is 2.73 bits per heavy atom. The van der Waals surface area contributed by atoms with Crippen LogP contribution in [-0.4, -0.2) is 57.3 Å². The average molecular weight is 448 g/mol. The molecule has 1 fully saturated rings. The van der Waals surface area contributed by atoms with Crippen LogP contribution in [0.15, 0.2) is 30.5 Å². The van der Waals surface area contributed by atoms with E-state index in [1.54, 1.807) is 6.20 Å². The molecule has 0 bridgehead atoms. The van der Waals surface area contributed by atoms with Crippen LogP contribution in [0.5, 0.6) is 0 Å². The lowest BCUT2D eigenvalue weighted by Crippen LogP contribution is -2.35. The highest BCUT2D eigenvalue weighted by molar-refractivity contribution is 6.06. The molecule has 3 heterocycles. The highest BCUT2D eigenvalue weighted by Gasteiger charge is 2.20. The van der Waals surface area contributed by atoms with Crippen molar-refractivity contribution in [1.29, 1.82) is 0 Å². The van der Waals surface area contributed by atoms with Crippen LogP contribution in [0.2, 0.25) is 0 Å². The molecule has 2 aromatic heterocycles. The second-order valence-corrected chi connectivity index (χ2v) is 8.58. The van der Waals surface area contributed by atoms with Gasteiger partial charge in [0, 0.05) is 36.6 Å². The number of hydrogen-bond donors (Lipinski definition) is 3. The smallest absolute Gasteiger partial charge is 0.275 e. The Morgan fingerprint density at radius 1 is 1.12 bits per heavy atom. The largest absolute Gasteiger partial charge is 0.379 e. The zero-order valence-electron chi connectivity index (χ0n) is 18.9. The Kier molecular flexibility index (Phi) is 6.32. The molecule has 1 saturated heterocycles. The Labute approximate surface area is 193 Å². The number of carbonyl (C=O) groups is 1. The summed E-state index contributed by atoms with van der Waals surface area (Å²) in [5.74, 6) is 1.24. The summed E-state index contributed by atoms with van der Waals surface area (Å²) < 4.78 is 5.41. The molecule has 1 aliphatic carbocycles. The summed E-state index contributed by atoms with van der Waals surface area (Å²) >= 11 is 0. The molecule has 1 aliphatic heterocycles. The van der Waals surface area contributed by atoms with Gasteiger partial charge in [-0.2, -0.15) is 5.10 Å². The summed E-state index contributed by atoms with van der Waals surface area (Å²) in [6.45, 7) is 6.24. The molecule has 9 nitrogen and oxygen atoms in total. The molecule has 0 spiro atoms. The number of nitrogens with zero attached hydrogens (tertiary/aromatic N) is 4. The molecular formula is C24H29N7O2. The van der Waals surface area contributed by atoms with Gasteiger partial charge in [0.1, 0.15) is 17.3 Å².